The normalized spacial score (nSPS) is 12.1. The minimum absolute atomic E-state index is 0.345. The summed E-state index contributed by atoms with van der Waals surface area (Å²) >= 11 is 0. The lowest BCUT2D eigenvalue weighted by Crippen LogP contribution is -2.22. The summed E-state index contributed by atoms with van der Waals surface area (Å²) in [5.41, 5.74) is 4.24. The molecular formula is C9H8FNO4. The monoisotopic (exact) mass is 213 g/mol. The molecule has 0 spiro atoms. The highest BCUT2D eigenvalue weighted by Crippen LogP contribution is 2.18. The molecular weight excluding hydrogens is 205 g/mol. The number of halogens is 1. The molecule has 1 aromatic rings. The van der Waals surface area contributed by atoms with Crippen LogP contribution in [-0.4, -0.2) is 22.2 Å². The van der Waals surface area contributed by atoms with Crippen molar-refractivity contribution in [3.63, 3.8) is 0 Å². The van der Waals surface area contributed by atoms with Gasteiger partial charge in [-0.15, -0.1) is 0 Å². The highest BCUT2D eigenvalue weighted by molar-refractivity contribution is 5.88. The zero-order valence-corrected chi connectivity index (χ0v) is 7.48. The Kier molecular flexibility index (Phi) is 3.01. The van der Waals surface area contributed by atoms with Crippen molar-refractivity contribution in [3.05, 3.63) is 35.1 Å². The number of carboxylic acid groups (broad SMARTS) is 2. The lowest BCUT2D eigenvalue weighted by Gasteiger charge is -2.09. The lowest BCUT2D eigenvalue weighted by molar-refractivity contribution is -0.138. The molecule has 0 aliphatic carbocycles. The fourth-order valence-corrected chi connectivity index (χ4v) is 1.09. The van der Waals surface area contributed by atoms with Crippen LogP contribution in [0.25, 0.3) is 0 Å². The highest BCUT2D eigenvalue weighted by Gasteiger charge is 2.22. The van der Waals surface area contributed by atoms with Gasteiger partial charge in [0.1, 0.15) is 11.9 Å². The molecule has 0 aliphatic rings. The smallest absolute Gasteiger partial charge is 0.338 e. The molecule has 0 saturated carbocycles. The predicted molar refractivity (Wildman–Crippen MR) is 47.9 cm³/mol. The van der Waals surface area contributed by atoms with Crippen LogP contribution in [0.5, 0.6) is 0 Å². The second-order valence-electron chi connectivity index (χ2n) is 2.83. The van der Waals surface area contributed by atoms with Crippen LogP contribution in [0, 0.1) is 5.82 Å². The SMILES string of the molecule is N[C@H](C(=O)O)c1cccc(C(=O)O)c1F. The summed E-state index contributed by atoms with van der Waals surface area (Å²) in [5.74, 6) is -4.00. The Bertz CT molecular complexity index is 419. The summed E-state index contributed by atoms with van der Waals surface area (Å²) in [4.78, 5) is 21.0. The first-order chi connectivity index (χ1) is 6.95. The average Bonchev–Trinajstić information content (AvgIpc) is 2.16. The van der Waals surface area contributed by atoms with Gasteiger partial charge < -0.3 is 15.9 Å². The van der Waals surface area contributed by atoms with E-state index in [9.17, 15) is 14.0 Å². The van der Waals surface area contributed by atoms with Crippen LogP contribution >= 0.6 is 0 Å². The Morgan fingerprint density at radius 3 is 2.40 bits per heavy atom. The molecule has 1 rings (SSSR count). The van der Waals surface area contributed by atoms with Crippen LogP contribution in [0.3, 0.4) is 0 Å². The van der Waals surface area contributed by atoms with Gasteiger partial charge in [-0.3, -0.25) is 4.79 Å². The zero-order chi connectivity index (χ0) is 11.6. The number of carbonyl (C=O) groups is 2. The third-order valence-electron chi connectivity index (χ3n) is 1.86. The highest BCUT2D eigenvalue weighted by atomic mass is 19.1. The van der Waals surface area contributed by atoms with Crippen LogP contribution in [0.2, 0.25) is 0 Å². The van der Waals surface area contributed by atoms with E-state index >= 15 is 0 Å². The van der Waals surface area contributed by atoms with E-state index < -0.39 is 29.4 Å². The largest absolute Gasteiger partial charge is 0.480 e. The number of aromatic carboxylic acids is 1. The third kappa shape index (κ3) is 2.10. The Morgan fingerprint density at radius 2 is 1.93 bits per heavy atom. The predicted octanol–water partition coefficient (Wildman–Crippen LogP) is 0.608. The van der Waals surface area contributed by atoms with Crippen molar-refractivity contribution >= 4 is 11.9 Å². The number of benzene rings is 1. The van der Waals surface area contributed by atoms with Gasteiger partial charge in [-0.1, -0.05) is 12.1 Å². The Labute approximate surface area is 83.9 Å². The maximum Gasteiger partial charge on any atom is 0.338 e. The maximum absolute atomic E-state index is 13.4. The van der Waals surface area contributed by atoms with Gasteiger partial charge in [0.15, 0.2) is 0 Å². The van der Waals surface area contributed by atoms with E-state index in [1.54, 1.807) is 0 Å². The molecule has 80 valence electrons. The minimum Gasteiger partial charge on any atom is -0.480 e. The number of hydrogen-bond donors (Lipinski definition) is 3. The van der Waals surface area contributed by atoms with Gasteiger partial charge in [0, 0.05) is 5.56 Å². The summed E-state index contributed by atoms with van der Waals surface area (Å²) in [6.45, 7) is 0. The van der Waals surface area contributed by atoms with Crippen LogP contribution in [-0.2, 0) is 4.79 Å². The first kappa shape index (κ1) is 11.1. The standard InChI is InChI=1S/C9H8FNO4/c10-6-4(7(11)9(14)15)2-1-3-5(6)8(12)13/h1-3,7H,11H2,(H,12,13)(H,14,15)/t7-/m0/s1. The number of hydrogen-bond acceptors (Lipinski definition) is 3. The molecule has 5 nitrogen and oxygen atoms in total. The molecule has 15 heavy (non-hydrogen) atoms. The molecule has 0 saturated heterocycles. The van der Waals surface area contributed by atoms with Gasteiger partial charge in [-0.25, -0.2) is 9.18 Å². The second-order valence-corrected chi connectivity index (χ2v) is 2.83. The van der Waals surface area contributed by atoms with Gasteiger partial charge in [0.25, 0.3) is 0 Å². The summed E-state index contributed by atoms with van der Waals surface area (Å²) in [7, 11) is 0. The van der Waals surface area contributed by atoms with Crippen LogP contribution in [0.1, 0.15) is 22.0 Å². The first-order valence-corrected chi connectivity index (χ1v) is 3.95. The quantitative estimate of drug-likeness (QED) is 0.682. The second kappa shape index (κ2) is 4.05. The minimum atomic E-state index is -1.57. The number of aliphatic carboxylic acids is 1. The van der Waals surface area contributed by atoms with E-state index in [4.69, 9.17) is 15.9 Å². The number of carboxylic acids is 2. The molecule has 0 amide bonds. The van der Waals surface area contributed by atoms with Crippen molar-refractivity contribution in [2.75, 3.05) is 0 Å². The van der Waals surface area contributed by atoms with Gasteiger partial charge in [-0.2, -0.15) is 0 Å². The molecule has 0 aromatic heterocycles. The summed E-state index contributed by atoms with van der Waals surface area (Å²) in [5, 5.41) is 17.1. The van der Waals surface area contributed by atoms with Crippen LogP contribution < -0.4 is 5.73 Å². The number of nitrogens with two attached hydrogens (primary N) is 1. The molecule has 1 aromatic carbocycles. The fraction of sp³-hybridized carbons (Fsp3) is 0.111. The van der Waals surface area contributed by atoms with E-state index in [1.807, 2.05) is 0 Å². The van der Waals surface area contributed by atoms with Crippen molar-refractivity contribution in [3.8, 4) is 0 Å². The van der Waals surface area contributed by atoms with Crippen LogP contribution in [0.4, 0.5) is 4.39 Å². The molecule has 1 atom stereocenters. The summed E-state index contributed by atoms with van der Waals surface area (Å²) in [6, 6.07) is 1.85. The Hall–Kier alpha value is -1.95. The lowest BCUT2D eigenvalue weighted by atomic mass is 10.0. The summed E-state index contributed by atoms with van der Waals surface area (Å²) < 4.78 is 13.4. The zero-order valence-electron chi connectivity index (χ0n) is 7.48. The van der Waals surface area contributed by atoms with Crippen LogP contribution in [0.15, 0.2) is 18.2 Å². The Morgan fingerprint density at radius 1 is 1.33 bits per heavy atom. The van der Waals surface area contributed by atoms with Crippen molar-refractivity contribution in [1.29, 1.82) is 0 Å². The van der Waals surface area contributed by atoms with Gasteiger partial charge >= 0.3 is 11.9 Å². The molecule has 0 aliphatic heterocycles. The Balaban J connectivity index is 3.26. The van der Waals surface area contributed by atoms with Crippen molar-refractivity contribution in [2.45, 2.75) is 6.04 Å². The molecule has 6 heteroatoms. The van der Waals surface area contributed by atoms with Crippen molar-refractivity contribution in [1.82, 2.24) is 0 Å². The molecule has 0 unspecified atom stereocenters. The topological polar surface area (TPSA) is 101 Å². The van der Waals surface area contributed by atoms with E-state index in [2.05, 4.69) is 0 Å². The molecule has 0 fully saturated rings. The van der Waals surface area contributed by atoms with E-state index in [0.717, 1.165) is 12.1 Å². The first-order valence-electron chi connectivity index (χ1n) is 3.95. The average molecular weight is 213 g/mol. The van der Waals surface area contributed by atoms with Gasteiger partial charge in [0.2, 0.25) is 0 Å². The van der Waals surface area contributed by atoms with Gasteiger partial charge in [0.05, 0.1) is 5.56 Å². The number of rotatable bonds is 3. The molecule has 0 bridgehead atoms. The van der Waals surface area contributed by atoms with Gasteiger partial charge in [-0.05, 0) is 6.07 Å². The van der Waals surface area contributed by atoms with Crippen molar-refractivity contribution < 1.29 is 24.2 Å². The molecule has 0 radical (unpaired) electrons. The van der Waals surface area contributed by atoms with E-state index in [-0.39, 0.29) is 5.56 Å². The van der Waals surface area contributed by atoms with E-state index in [1.165, 1.54) is 6.07 Å². The summed E-state index contributed by atoms with van der Waals surface area (Å²) in [6.07, 6.45) is 0. The molecule has 4 N–H and O–H groups in total. The maximum atomic E-state index is 13.4. The van der Waals surface area contributed by atoms with Crippen molar-refractivity contribution in [2.24, 2.45) is 5.73 Å². The van der Waals surface area contributed by atoms with E-state index in [0.29, 0.717) is 0 Å². The fourth-order valence-electron chi connectivity index (χ4n) is 1.09. The molecule has 0 heterocycles. The third-order valence-corrected chi connectivity index (χ3v) is 1.86.